The van der Waals surface area contributed by atoms with Crippen LogP contribution < -0.4 is 0 Å². The third-order valence-corrected chi connectivity index (χ3v) is 4.62. The maximum Gasteiger partial charge on any atom is 0.295 e. The number of aliphatic hydroxyl groups is 1. The molecule has 0 spiro atoms. The number of phenols is 1. The summed E-state index contributed by atoms with van der Waals surface area (Å²) in [6.45, 7) is 2.34. The lowest BCUT2D eigenvalue weighted by molar-refractivity contribution is -0.139. The summed E-state index contributed by atoms with van der Waals surface area (Å²) in [5.74, 6) is -2.20. The largest absolute Gasteiger partial charge is 0.508 e. The Hall–Kier alpha value is -3.15. The first-order chi connectivity index (χ1) is 12.9. The zero-order valence-electron chi connectivity index (χ0n) is 14.9. The number of rotatable bonds is 5. The number of carbonyl (C=O) groups excluding carboxylic acids is 2. The number of benzene rings is 2. The van der Waals surface area contributed by atoms with Gasteiger partial charge in [0.05, 0.1) is 11.6 Å². The lowest BCUT2D eigenvalue weighted by Gasteiger charge is -2.25. The fraction of sp³-hybridized carbons (Fsp3) is 0.238. The molecule has 1 amide bonds. The van der Waals surface area contributed by atoms with Crippen molar-refractivity contribution in [1.82, 2.24) is 4.90 Å². The van der Waals surface area contributed by atoms with E-state index in [2.05, 4.69) is 0 Å². The highest BCUT2D eigenvalue weighted by atomic mass is 19.1. The van der Waals surface area contributed by atoms with E-state index in [0.717, 1.165) is 6.42 Å². The number of hydrogen-bond acceptors (Lipinski definition) is 4. The van der Waals surface area contributed by atoms with Crippen molar-refractivity contribution in [2.75, 3.05) is 6.54 Å². The second kappa shape index (κ2) is 7.61. The number of amides is 1. The SMILES string of the molecule is CCCCN1C(=O)C(=O)/C(=C(\O)c2ccc(F)cc2)C1c1ccc(O)cc1. The van der Waals surface area contributed by atoms with Crippen LogP contribution in [0.15, 0.2) is 54.1 Å². The van der Waals surface area contributed by atoms with Crippen LogP contribution in [0.2, 0.25) is 0 Å². The molecule has 3 rings (SSSR count). The fourth-order valence-corrected chi connectivity index (χ4v) is 3.21. The van der Waals surface area contributed by atoms with Gasteiger partial charge < -0.3 is 15.1 Å². The van der Waals surface area contributed by atoms with Crippen LogP contribution in [0.4, 0.5) is 4.39 Å². The number of hydrogen-bond donors (Lipinski definition) is 2. The highest BCUT2D eigenvalue weighted by Gasteiger charge is 2.45. The molecule has 1 saturated heterocycles. The Labute approximate surface area is 156 Å². The number of likely N-dealkylation sites (tertiary alicyclic amines) is 1. The van der Waals surface area contributed by atoms with Crippen LogP contribution in [-0.2, 0) is 9.59 Å². The second-order valence-electron chi connectivity index (χ2n) is 6.44. The lowest BCUT2D eigenvalue weighted by Crippen LogP contribution is -2.30. The van der Waals surface area contributed by atoms with Gasteiger partial charge in [0.1, 0.15) is 17.3 Å². The molecule has 1 heterocycles. The van der Waals surface area contributed by atoms with Gasteiger partial charge in [-0.3, -0.25) is 9.59 Å². The molecular formula is C21H20FNO4. The fourth-order valence-electron chi connectivity index (χ4n) is 3.21. The van der Waals surface area contributed by atoms with Crippen LogP contribution in [0.5, 0.6) is 5.75 Å². The molecule has 0 radical (unpaired) electrons. The molecule has 2 aromatic rings. The van der Waals surface area contributed by atoms with E-state index < -0.39 is 23.5 Å². The van der Waals surface area contributed by atoms with Gasteiger partial charge in [-0.15, -0.1) is 0 Å². The minimum absolute atomic E-state index is 0.0339. The van der Waals surface area contributed by atoms with Gasteiger partial charge in [-0.25, -0.2) is 4.39 Å². The maximum atomic E-state index is 13.2. The molecule has 2 aromatic carbocycles. The number of aromatic hydroxyl groups is 1. The maximum absolute atomic E-state index is 13.2. The summed E-state index contributed by atoms with van der Waals surface area (Å²) in [6, 6.07) is 10.5. The van der Waals surface area contributed by atoms with E-state index in [1.807, 2.05) is 6.92 Å². The molecule has 0 saturated carbocycles. The third kappa shape index (κ3) is 3.56. The Morgan fingerprint density at radius 1 is 1.07 bits per heavy atom. The summed E-state index contributed by atoms with van der Waals surface area (Å²) in [7, 11) is 0. The number of ketones is 1. The van der Waals surface area contributed by atoms with Gasteiger partial charge in [0, 0.05) is 12.1 Å². The molecule has 1 atom stereocenters. The van der Waals surface area contributed by atoms with Crippen LogP contribution in [0.3, 0.4) is 0 Å². The molecule has 1 aliphatic heterocycles. The van der Waals surface area contributed by atoms with E-state index >= 15 is 0 Å². The van der Waals surface area contributed by atoms with Crippen molar-refractivity contribution >= 4 is 17.4 Å². The van der Waals surface area contributed by atoms with Crippen molar-refractivity contribution in [2.45, 2.75) is 25.8 Å². The highest BCUT2D eigenvalue weighted by molar-refractivity contribution is 6.46. The summed E-state index contributed by atoms with van der Waals surface area (Å²) >= 11 is 0. The second-order valence-corrected chi connectivity index (χ2v) is 6.44. The Morgan fingerprint density at radius 3 is 2.30 bits per heavy atom. The smallest absolute Gasteiger partial charge is 0.295 e. The zero-order valence-corrected chi connectivity index (χ0v) is 14.9. The van der Waals surface area contributed by atoms with Crippen LogP contribution in [0, 0.1) is 5.82 Å². The molecule has 5 nitrogen and oxygen atoms in total. The Bertz CT molecular complexity index is 887. The van der Waals surface area contributed by atoms with Gasteiger partial charge >= 0.3 is 0 Å². The molecule has 140 valence electrons. The van der Waals surface area contributed by atoms with Gasteiger partial charge in [0.15, 0.2) is 0 Å². The topological polar surface area (TPSA) is 77.8 Å². The zero-order chi connectivity index (χ0) is 19.6. The number of aliphatic hydroxyl groups excluding tert-OH is 1. The summed E-state index contributed by atoms with van der Waals surface area (Å²) in [5.41, 5.74) is 0.828. The predicted octanol–water partition coefficient (Wildman–Crippen LogP) is 3.75. The van der Waals surface area contributed by atoms with E-state index in [0.29, 0.717) is 18.5 Å². The Balaban J connectivity index is 2.14. The van der Waals surface area contributed by atoms with Crippen molar-refractivity contribution < 1.29 is 24.2 Å². The van der Waals surface area contributed by atoms with Crippen LogP contribution in [-0.4, -0.2) is 33.3 Å². The van der Waals surface area contributed by atoms with Gasteiger partial charge in [0.25, 0.3) is 11.7 Å². The van der Waals surface area contributed by atoms with Gasteiger partial charge in [-0.1, -0.05) is 25.5 Å². The molecule has 1 unspecified atom stereocenters. The highest BCUT2D eigenvalue weighted by Crippen LogP contribution is 2.39. The molecule has 0 aliphatic carbocycles. The van der Waals surface area contributed by atoms with Crippen molar-refractivity contribution in [1.29, 1.82) is 0 Å². The van der Waals surface area contributed by atoms with E-state index in [-0.39, 0.29) is 22.6 Å². The standard InChI is InChI=1S/C21H20FNO4/c1-2-3-12-23-18(13-6-10-16(24)11-7-13)17(20(26)21(23)27)19(25)14-4-8-15(22)9-5-14/h4-11,18,24-25H,2-3,12H2,1H3/b19-17-. The van der Waals surface area contributed by atoms with Crippen molar-refractivity contribution in [2.24, 2.45) is 0 Å². The molecule has 6 heteroatoms. The average molecular weight is 369 g/mol. The molecule has 1 aliphatic rings. The Kier molecular flexibility index (Phi) is 5.26. The minimum Gasteiger partial charge on any atom is -0.508 e. The van der Waals surface area contributed by atoms with E-state index in [4.69, 9.17) is 0 Å². The summed E-state index contributed by atoms with van der Waals surface area (Å²) < 4.78 is 13.2. The van der Waals surface area contributed by atoms with Crippen molar-refractivity contribution in [3.8, 4) is 5.75 Å². The first-order valence-electron chi connectivity index (χ1n) is 8.77. The van der Waals surface area contributed by atoms with E-state index in [9.17, 15) is 24.2 Å². The van der Waals surface area contributed by atoms with Crippen LogP contribution in [0.1, 0.15) is 36.9 Å². The normalized spacial score (nSPS) is 18.9. The monoisotopic (exact) mass is 369 g/mol. The molecular weight excluding hydrogens is 349 g/mol. The van der Waals surface area contributed by atoms with E-state index in [1.54, 1.807) is 12.1 Å². The van der Waals surface area contributed by atoms with Gasteiger partial charge in [-0.05, 0) is 48.4 Å². The summed E-state index contributed by atoms with van der Waals surface area (Å²) in [4.78, 5) is 26.7. The molecule has 2 N–H and O–H groups in total. The third-order valence-electron chi connectivity index (χ3n) is 4.62. The number of phenolic OH excluding ortho intramolecular Hbond substituents is 1. The van der Waals surface area contributed by atoms with Gasteiger partial charge in [-0.2, -0.15) is 0 Å². The van der Waals surface area contributed by atoms with Gasteiger partial charge in [0.2, 0.25) is 0 Å². The molecule has 1 fully saturated rings. The lowest BCUT2D eigenvalue weighted by atomic mass is 9.95. The number of halogens is 1. The van der Waals surface area contributed by atoms with Crippen LogP contribution >= 0.6 is 0 Å². The average Bonchev–Trinajstić information content (AvgIpc) is 2.91. The Morgan fingerprint density at radius 2 is 1.70 bits per heavy atom. The number of carbonyl (C=O) groups is 2. The molecule has 27 heavy (non-hydrogen) atoms. The molecule has 0 bridgehead atoms. The quantitative estimate of drug-likeness (QED) is 0.478. The number of Topliss-reactive ketones (excluding diaryl/α,β-unsaturated/α-hetero) is 1. The first kappa shape index (κ1) is 18.6. The molecule has 0 aromatic heterocycles. The van der Waals surface area contributed by atoms with E-state index in [1.165, 1.54) is 41.3 Å². The minimum atomic E-state index is -0.772. The summed E-state index contributed by atoms with van der Waals surface area (Å²) in [6.07, 6.45) is 1.54. The first-order valence-corrected chi connectivity index (χ1v) is 8.77. The predicted molar refractivity (Wildman–Crippen MR) is 98.4 cm³/mol. The number of unbranched alkanes of at least 4 members (excludes halogenated alkanes) is 1. The van der Waals surface area contributed by atoms with Crippen molar-refractivity contribution in [3.05, 3.63) is 71.0 Å². The number of nitrogens with zero attached hydrogens (tertiary/aromatic N) is 1. The van der Waals surface area contributed by atoms with Crippen LogP contribution in [0.25, 0.3) is 5.76 Å². The summed E-state index contributed by atoms with van der Waals surface area (Å²) in [5, 5.41) is 20.3. The van der Waals surface area contributed by atoms with Crippen molar-refractivity contribution in [3.63, 3.8) is 0 Å².